The number of rotatable bonds is 6. The first kappa shape index (κ1) is 17.4. The monoisotopic (exact) mass is 330 g/mol. The van der Waals surface area contributed by atoms with Gasteiger partial charge in [0.2, 0.25) is 5.91 Å². The van der Waals surface area contributed by atoms with Crippen LogP contribution in [0, 0.1) is 11.8 Å². The van der Waals surface area contributed by atoms with Gasteiger partial charge >= 0.3 is 0 Å². The molecule has 2 fully saturated rings. The molecule has 0 saturated carbocycles. The maximum atomic E-state index is 12.6. The van der Waals surface area contributed by atoms with Gasteiger partial charge in [-0.05, 0) is 43.1 Å². The van der Waals surface area contributed by atoms with E-state index in [0.717, 1.165) is 45.6 Å². The number of piperidine rings is 1. The van der Waals surface area contributed by atoms with Crippen LogP contribution in [0.4, 0.5) is 0 Å². The largest absolute Gasteiger partial charge is 0.381 e. The minimum atomic E-state index is 0.226. The van der Waals surface area contributed by atoms with Crippen molar-refractivity contribution < 1.29 is 9.53 Å². The average Bonchev–Trinajstić information content (AvgIpc) is 3.12. The summed E-state index contributed by atoms with van der Waals surface area (Å²) < 4.78 is 5.52. The van der Waals surface area contributed by atoms with Gasteiger partial charge in [0.1, 0.15) is 0 Å². The van der Waals surface area contributed by atoms with Crippen molar-refractivity contribution in [3.63, 3.8) is 0 Å². The minimum Gasteiger partial charge on any atom is -0.381 e. The van der Waals surface area contributed by atoms with Gasteiger partial charge in [0.05, 0.1) is 6.54 Å². The Bertz CT molecular complexity index is 514. The normalized spacial score (nSPS) is 25.6. The van der Waals surface area contributed by atoms with E-state index in [2.05, 4.69) is 36.5 Å². The predicted octanol–water partition coefficient (Wildman–Crippen LogP) is 3.00. The first-order valence-electron chi connectivity index (χ1n) is 9.36. The van der Waals surface area contributed by atoms with Crippen LogP contribution in [0.15, 0.2) is 30.3 Å². The molecule has 0 spiro atoms. The summed E-state index contributed by atoms with van der Waals surface area (Å²) in [5, 5.41) is 3.53. The zero-order valence-electron chi connectivity index (χ0n) is 14.7. The molecule has 0 bridgehead atoms. The quantitative estimate of drug-likeness (QED) is 0.872. The molecule has 132 valence electrons. The second-order valence-electron chi connectivity index (χ2n) is 7.40. The molecule has 0 aromatic heterocycles. The first-order chi connectivity index (χ1) is 11.7. The molecule has 4 heteroatoms. The lowest BCUT2D eigenvalue weighted by molar-refractivity contribution is -0.132. The summed E-state index contributed by atoms with van der Waals surface area (Å²) in [4.78, 5) is 14.6. The summed E-state index contributed by atoms with van der Waals surface area (Å²) in [5.74, 6) is 1.46. The molecule has 0 radical (unpaired) electrons. The Morgan fingerprint density at radius 3 is 2.88 bits per heavy atom. The summed E-state index contributed by atoms with van der Waals surface area (Å²) in [6.07, 6.45) is 4.54. The number of benzene rings is 1. The van der Waals surface area contributed by atoms with E-state index in [4.69, 9.17) is 4.74 Å². The molecule has 2 aliphatic rings. The molecule has 0 unspecified atom stereocenters. The van der Waals surface area contributed by atoms with Crippen LogP contribution in [0.3, 0.4) is 0 Å². The van der Waals surface area contributed by atoms with Crippen LogP contribution in [0.25, 0.3) is 0 Å². The van der Waals surface area contributed by atoms with E-state index in [1.807, 2.05) is 11.0 Å². The zero-order valence-corrected chi connectivity index (χ0v) is 14.7. The highest BCUT2D eigenvalue weighted by Crippen LogP contribution is 2.26. The maximum absolute atomic E-state index is 12.6. The van der Waals surface area contributed by atoms with Gasteiger partial charge in [-0.3, -0.25) is 4.79 Å². The van der Waals surface area contributed by atoms with Crippen molar-refractivity contribution in [2.24, 2.45) is 11.8 Å². The Hall–Kier alpha value is -1.39. The van der Waals surface area contributed by atoms with Gasteiger partial charge in [-0.25, -0.2) is 0 Å². The summed E-state index contributed by atoms with van der Waals surface area (Å²) in [5.41, 5.74) is 1.27. The van der Waals surface area contributed by atoms with Crippen molar-refractivity contribution >= 4 is 5.91 Å². The van der Waals surface area contributed by atoms with Crippen LogP contribution in [-0.4, -0.2) is 43.7 Å². The summed E-state index contributed by atoms with van der Waals surface area (Å²) >= 11 is 0. The van der Waals surface area contributed by atoms with Crippen molar-refractivity contribution in [3.8, 4) is 0 Å². The molecule has 1 N–H and O–H groups in total. The van der Waals surface area contributed by atoms with Crippen molar-refractivity contribution in [1.29, 1.82) is 0 Å². The summed E-state index contributed by atoms with van der Waals surface area (Å²) in [6, 6.07) is 10.7. The van der Waals surface area contributed by atoms with Crippen molar-refractivity contribution in [2.75, 3.05) is 32.8 Å². The highest BCUT2D eigenvalue weighted by molar-refractivity contribution is 5.78. The second-order valence-corrected chi connectivity index (χ2v) is 7.40. The lowest BCUT2D eigenvalue weighted by atomic mass is 9.94. The first-order valence-corrected chi connectivity index (χ1v) is 9.36. The lowest BCUT2D eigenvalue weighted by Gasteiger charge is -2.32. The van der Waals surface area contributed by atoms with E-state index >= 15 is 0 Å². The molecule has 4 nitrogen and oxygen atoms in total. The van der Waals surface area contributed by atoms with E-state index in [0.29, 0.717) is 18.4 Å². The number of amides is 1. The smallest absolute Gasteiger partial charge is 0.236 e. The molecule has 2 heterocycles. The van der Waals surface area contributed by atoms with E-state index in [-0.39, 0.29) is 11.9 Å². The fourth-order valence-electron chi connectivity index (χ4n) is 3.86. The number of nitrogens with zero attached hydrogens (tertiary/aromatic N) is 1. The SMILES string of the molecule is C[C@@H]1CCCN(C(=O)CN[C@@H](C[C@@H]2CCOC2)c2ccccc2)C1. The van der Waals surface area contributed by atoms with E-state index in [1.165, 1.54) is 12.0 Å². The molecule has 3 atom stereocenters. The van der Waals surface area contributed by atoms with Gasteiger partial charge in [0.25, 0.3) is 0 Å². The Labute approximate surface area is 145 Å². The molecular formula is C20H30N2O2. The maximum Gasteiger partial charge on any atom is 0.236 e. The standard InChI is InChI=1S/C20H30N2O2/c1-16-6-5-10-22(14-16)20(23)13-21-19(12-17-9-11-24-15-17)18-7-3-2-4-8-18/h2-4,7-8,16-17,19,21H,5-6,9-15H2,1H3/t16-,17+,19+/m1/s1. The number of nitrogens with one attached hydrogen (secondary N) is 1. The van der Waals surface area contributed by atoms with Gasteiger partial charge < -0.3 is 15.0 Å². The predicted molar refractivity (Wildman–Crippen MR) is 95.7 cm³/mol. The summed E-state index contributed by atoms with van der Waals surface area (Å²) in [7, 11) is 0. The summed E-state index contributed by atoms with van der Waals surface area (Å²) in [6.45, 7) is 6.21. The number of carbonyl (C=O) groups is 1. The molecule has 3 rings (SSSR count). The number of hydrogen-bond acceptors (Lipinski definition) is 3. The topological polar surface area (TPSA) is 41.6 Å². The Morgan fingerprint density at radius 1 is 1.33 bits per heavy atom. The Balaban J connectivity index is 1.57. The van der Waals surface area contributed by atoms with Gasteiger partial charge in [0.15, 0.2) is 0 Å². The van der Waals surface area contributed by atoms with Crippen LogP contribution < -0.4 is 5.32 Å². The Morgan fingerprint density at radius 2 is 2.17 bits per heavy atom. The number of carbonyl (C=O) groups excluding carboxylic acids is 1. The fraction of sp³-hybridized carbons (Fsp3) is 0.650. The molecule has 1 amide bonds. The number of ether oxygens (including phenoxy) is 1. The third kappa shape index (κ3) is 4.81. The lowest BCUT2D eigenvalue weighted by Crippen LogP contribution is -2.44. The third-order valence-electron chi connectivity index (χ3n) is 5.30. The van der Waals surface area contributed by atoms with Crippen LogP contribution in [0.5, 0.6) is 0 Å². The van der Waals surface area contributed by atoms with Crippen LogP contribution in [0.1, 0.15) is 44.2 Å². The minimum absolute atomic E-state index is 0.226. The Kier molecular flexibility index (Phi) is 6.27. The number of likely N-dealkylation sites (tertiary alicyclic amines) is 1. The highest BCUT2D eigenvalue weighted by atomic mass is 16.5. The fourth-order valence-corrected chi connectivity index (χ4v) is 3.86. The van der Waals surface area contributed by atoms with Crippen LogP contribution >= 0.6 is 0 Å². The average molecular weight is 330 g/mol. The van der Waals surface area contributed by atoms with E-state index in [1.54, 1.807) is 0 Å². The zero-order chi connectivity index (χ0) is 16.8. The van der Waals surface area contributed by atoms with Gasteiger partial charge in [-0.2, -0.15) is 0 Å². The van der Waals surface area contributed by atoms with Gasteiger partial charge in [-0.15, -0.1) is 0 Å². The molecule has 1 aromatic carbocycles. The van der Waals surface area contributed by atoms with Crippen molar-refractivity contribution in [3.05, 3.63) is 35.9 Å². The number of hydrogen-bond donors (Lipinski definition) is 1. The molecular weight excluding hydrogens is 300 g/mol. The molecule has 0 aliphatic carbocycles. The van der Waals surface area contributed by atoms with Crippen LogP contribution in [-0.2, 0) is 9.53 Å². The van der Waals surface area contributed by atoms with E-state index in [9.17, 15) is 4.79 Å². The molecule has 1 aromatic rings. The van der Waals surface area contributed by atoms with Gasteiger partial charge in [-0.1, -0.05) is 37.3 Å². The van der Waals surface area contributed by atoms with E-state index < -0.39 is 0 Å². The molecule has 24 heavy (non-hydrogen) atoms. The highest BCUT2D eigenvalue weighted by Gasteiger charge is 2.24. The van der Waals surface area contributed by atoms with Crippen molar-refractivity contribution in [1.82, 2.24) is 10.2 Å². The second kappa shape index (κ2) is 8.63. The third-order valence-corrected chi connectivity index (χ3v) is 5.30. The molecule has 2 saturated heterocycles. The van der Waals surface area contributed by atoms with Gasteiger partial charge in [0, 0.05) is 32.3 Å². The van der Waals surface area contributed by atoms with Crippen molar-refractivity contribution in [2.45, 2.75) is 38.6 Å². The molecule has 2 aliphatic heterocycles. The van der Waals surface area contributed by atoms with Crippen LogP contribution in [0.2, 0.25) is 0 Å².